The van der Waals surface area contributed by atoms with Crippen molar-refractivity contribution in [2.24, 2.45) is 0 Å². The molecule has 0 atom stereocenters. The number of amides is 6. The SMILES string of the molecule is C=CC(=O)N(C)Cc1csc(CC(=O)c2ccc3cc4n(c3c2)C2(CCC2)CNC4=O)n1.C=CC(=O)NCc1csc(CC(=O)c2ccc3cc4n(c3c2)C2(CCC2)CNC4=O)n1.C=CC(=O)Nc1csc(CC(=O)c2ccc3cc4n(c3c2)C2(CCC2)CNC4=O)n1. The molecule has 6 amide bonds. The zero-order chi connectivity index (χ0) is 64.9. The number of benzene rings is 3. The third-order valence-electron chi connectivity index (χ3n) is 18.8. The molecule has 474 valence electrons. The Morgan fingerprint density at radius 2 is 0.914 bits per heavy atom. The van der Waals surface area contributed by atoms with Crippen molar-refractivity contribution >= 4 is 125 Å². The fourth-order valence-corrected chi connectivity index (χ4v) is 15.7. The molecule has 15 rings (SSSR count). The second kappa shape index (κ2) is 25.0. The molecular weight excluding hydrogens is 1240 g/mol. The lowest BCUT2D eigenvalue weighted by molar-refractivity contribution is -0.125. The van der Waals surface area contributed by atoms with Gasteiger partial charge < -0.3 is 45.2 Å². The fraction of sp³-hybridized carbons (Fsp3) is 0.304. The average molecular weight is 1300 g/mol. The van der Waals surface area contributed by atoms with E-state index in [1.165, 1.54) is 57.1 Å². The summed E-state index contributed by atoms with van der Waals surface area (Å²) in [5.74, 6) is -0.595. The van der Waals surface area contributed by atoms with Gasteiger partial charge in [-0.15, -0.1) is 34.0 Å². The first-order valence-corrected chi connectivity index (χ1v) is 33.5. The summed E-state index contributed by atoms with van der Waals surface area (Å²) in [6.45, 7) is 12.9. The van der Waals surface area contributed by atoms with Gasteiger partial charge in [-0.25, -0.2) is 15.0 Å². The predicted molar refractivity (Wildman–Crippen MR) is 356 cm³/mol. The summed E-state index contributed by atoms with van der Waals surface area (Å²) in [7, 11) is 1.69. The van der Waals surface area contributed by atoms with Gasteiger partial charge in [-0.2, -0.15) is 0 Å². The molecule has 9 aromatic rings. The van der Waals surface area contributed by atoms with Crippen LogP contribution in [0.3, 0.4) is 0 Å². The van der Waals surface area contributed by atoms with Gasteiger partial charge in [0.05, 0.1) is 60.4 Å². The number of fused-ring (bicyclic) bond motifs is 12. The Bertz CT molecular complexity index is 4640. The van der Waals surface area contributed by atoms with Crippen molar-refractivity contribution < 1.29 is 43.2 Å². The molecule has 0 radical (unpaired) electrons. The van der Waals surface area contributed by atoms with E-state index in [2.05, 4.69) is 75.0 Å². The summed E-state index contributed by atoms with van der Waals surface area (Å²) in [6.07, 6.45) is 13.8. The summed E-state index contributed by atoms with van der Waals surface area (Å²) in [5, 5.41) is 24.7. The summed E-state index contributed by atoms with van der Waals surface area (Å²) >= 11 is 4.15. The minimum absolute atomic E-state index is 0.0122. The summed E-state index contributed by atoms with van der Waals surface area (Å²) in [5.41, 5.74) is 7.96. The number of likely N-dealkylation sites (N-methyl/N-ethyl adjacent to an activating group) is 1. The van der Waals surface area contributed by atoms with Gasteiger partial charge in [0.15, 0.2) is 17.3 Å². The van der Waals surface area contributed by atoms with Crippen molar-refractivity contribution in [3.05, 3.63) is 187 Å². The second-order valence-corrected chi connectivity index (χ2v) is 27.4. The van der Waals surface area contributed by atoms with Crippen molar-refractivity contribution in [3.8, 4) is 0 Å². The average Bonchev–Trinajstić information content (AvgIpc) is 1.63. The van der Waals surface area contributed by atoms with Crippen molar-refractivity contribution in [1.29, 1.82) is 0 Å². The van der Waals surface area contributed by atoms with Crippen LogP contribution < -0.4 is 26.6 Å². The molecule has 3 aliphatic carbocycles. The van der Waals surface area contributed by atoms with Crippen LogP contribution >= 0.6 is 34.0 Å². The monoisotopic (exact) mass is 1300 g/mol. The van der Waals surface area contributed by atoms with E-state index in [4.69, 9.17) is 0 Å². The third kappa shape index (κ3) is 11.9. The Hall–Kier alpha value is -9.78. The van der Waals surface area contributed by atoms with Gasteiger partial charge in [0.1, 0.15) is 37.9 Å². The molecule has 0 saturated heterocycles. The molecule has 3 spiro atoms. The number of thiazole rings is 3. The first-order valence-electron chi connectivity index (χ1n) is 30.8. The van der Waals surface area contributed by atoms with E-state index in [-0.39, 0.29) is 88.7 Å². The van der Waals surface area contributed by atoms with Gasteiger partial charge in [-0.1, -0.05) is 56.1 Å². The van der Waals surface area contributed by atoms with Crippen molar-refractivity contribution in [1.82, 2.24) is 54.8 Å². The van der Waals surface area contributed by atoms with E-state index in [0.717, 1.165) is 107 Å². The maximum atomic E-state index is 13.0. The van der Waals surface area contributed by atoms with Crippen LogP contribution in [0.5, 0.6) is 0 Å². The predicted octanol–water partition coefficient (Wildman–Crippen LogP) is 9.51. The number of anilines is 1. The molecule has 5 N–H and O–H groups in total. The number of aromatic nitrogens is 6. The van der Waals surface area contributed by atoms with Crippen LogP contribution in [0.25, 0.3) is 32.7 Å². The highest BCUT2D eigenvalue weighted by atomic mass is 32.1. The zero-order valence-electron chi connectivity index (χ0n) is 51.1. The fourth-order valence-electron chi connectivity index (χ4n) is 13.4. The zero-order valence-corrected chi connectivity index (χ0v) is 53.5. The van der Waals surface area contributed by atoms with E-state index in [9.17, 15) is 43.2 Å². The van der Waals surface area contributed by atoms with Crippen LogP contribution in [0.2, 0.25) is 0 Å². The molecule has 6 aliphatic rings. The Labute approximate surface area is 546 Å². The number of hydrogen-bond donors (Lipinski definition) is 5. The molecule has 21 nitrogen and oxygen atoms in total. The Morgan fingerprint density at radius 3 is 1.30 bits per heavy atom. The van der Waals surface area contributed by atoms with E-state index < -0.39 is 0 Å². The van der Waals surface area contributed by atoms with Gasteiger partial charge in [0.2, 0.25) is 17.7 Å². The Balaban J connectivity index is 0.000000127. The highest BCUT2D eigenvalue weighted by Gasteiger charge is 2.47. The van der Waals surface area contributed by atoms with E-state index in [1.54, 1.807) is 18.5 Å². The molecule has 3 aromatic carbocycles. The number of ketones is 3. The van der Waals surface area contributed by atoms with Crippen molar-refractivity contribution in [2.75, 3.05) is 32.0 Å². The second-order valence-electron chi connectivity index (χ2n) is 24.6. The first-order chi connectivity index (χ1) is 44.9. The minimum atomic E-state index is -0.337. The molecule has 93 heavy (non-hydrogen) atoms. The summed E-state index contributed by atoms with van der Waals surface area (Å²) in [4.78, 5) is 125. The molecule has 24 heteroatoms. The molecule has 0 unspecified atom stereocenters. The minimum Gasteiger partial charge on any atom is -0.348 e. The molecule has 6 aromatic heterocycles. The number of rotatable bonds is 17. The molecule has 3 aliphatic heterocycles. The lowest BCUT2D eigenvalue weighted by Gasteiger charge is -2.47. The molecule has 3 saturated carbocycles. The van der Waals surface area contributed by atoms with E-state index in [0.29, 0.717) is 82.3 Å². The highest BCUT2D eigenvalue weighted by Crippen LogP contribution is 2.47. The van der Waals surface area contributed by atoms with Gasteiger partial charge in [0.25, 0.3) is 17.7 Å². The molecule has 9 heterocycles. The summed E-state index contributed by atoms with van der Waals surface area (Å²) < 4.78 is 6.47. The number of carbonyl (C=O) groups excluding carboxylic acids is 9. The van der Waals surface area contributed by atoms with E-state index in [1.807, 2.05) is 77.5 Å². The molecule has 0 bridgehead atoms. The van der Waals surface area contributed by atoms with Crippen LogP contribution in [0.15, 0.2) is 127 Å². The normalized spacial score (nSPS) is 16.5. The molecular formula is C69H66N12O9S3. The van der Waals surface area contributed by atoms with Crippen LogP contribution in [0.1, 0.15) is 147 Å². The van der Waals surface area contributed by atoms with Crippen LogP contribution in [0.4, 0.5) is 5.82 Å². The van der Waals surface area contributed by atoms with Gasteiger partial charge in [-0.05, 0) is 112 Å². The standard InChI is InChI=1S/C24H24N4O3S.C23H22N4O3S.C22H20N4O3S/c1-3-22(30)27(2)12-17-13-32-21(26-17)11-20(29)16-6-5-15-9-19-23(31)25-14-24(7-4-8-24)28(19)18(15)10-16;1-2-20(29)24-11-16-12-31-21(26-16)10-19(28)15-5-4-14-8-18-22(30)25-13-23(6-3-7-23)27(18)17(14)9-15;1-2-19(28)24-18-11-30-20(25-18)10-17(27)14-5-4-13-8-16-21(29)23-12-22(6-3-7-22)26(16)15(13)9-14/h3,5-6,9-10,13H,1,4,7-8,11-12,14H2,2H3,(H,25,31);2,4-5,8-9,12H,1,3,6-7,10-11,13H2,(H,24,29)(H,25,30);2,4-5,8-9,11H,1,3,6-7,10,12H2,(H,23,29)(H,24,28). The number of Topliss-reactive ketones (excluding diaryl/α,β-unsaturated/α-hetero) is 3. The third-order valence-corrected chi connectivity index (χ3v) is 21.4. The maximum Gasteiger partial charge on any atom is 0.268 e. The molecule has 3 fully saturated rings. The number of nitrogens with one attached hydrogen (secondary N) is 5. The highest BCUT2D eigenvalue weighted by molar-refractivity contribution is 7.10. The Morgan fingerprint density at radius 1 is 0.527 bits per heavy atom. The van der Waals surface area contributed by atoms with Crippen LogP contribution in [0, 0.1) is 0 Å². The Kier molecular flexibility index (Phi) is 16.7. The van der Waals surface area contributed by atoms with Gasteiger partial charge >= 0.3 is 0 Å². The van der Waals surface area contributed by atoms with E-state index >= 15 is 0 Å². The largest absolute Gasteiger partial charge is 0.348 e. The van der Waals surface area contributed by atoms with Gasteiger partial charge in [-0.3, -0.25) is 43.2 Å². The number of hydrogen-bond acceptors (Lipinski definition) is 15. The number of carbonyl (C=O) groups is 9. The van der Waals surface area contributed by atoms with Crippen LogP contribution in [-0.4, -0.2) is 113 Å². The van der Waals surface area contributed by atoms with Gasteiger partial charge in [0, 0.05) is 92.2 Å². The van der Waals surface area contributed by atoms with Crippen molar-refractivity contribution in [2.45, 2.75) is 107 Å². The number of nitrogens with zero attached hydrogens (tertiary/aromatic N) is 7. The quantitative estimate of drug-likeness (QED) is 0.0421. The lowest BCUT2D eigenvalue weighted by atomic mass is 9.75. The lowest BCUT2D eigenvalue weighted by Crippen LogP contribution is -2.55. The smallest absolute Gasteiger partial charge is 0.268 e. The maximum absolute atomic E-state index is 13.0. The topological polar surface area (TPSA) is 270 Å². The summed E-state index contributed by atoms with van der Waals surface area (Å²) in [6, 6.07) is 22.7. The van der Waals surface area contributed by atoms with Crippen molar-refractivity contribution in [3.63, 3.8) is 0 Å². The van der Waals surface area contributed by atoms with Crippen LogP contribution in [-0.2, 0) is 63.4 Å². The first kappa shape index (κ1) is 62.0.